The summed E-state index contributed by atoms with van der Waals surface area (Å²) in [5.41, 5.74) is 1.07. The quantitative estimate of drug-likeness (QED) is 0.835. The summed E-state index contributed by atoms with van der Waals surface area (Å²) in [6, 6.07) is 3.51. The van der Waals surface area contributed by atoms with Crippen molar-refractivity contribution in [1.29, 1.82) is 0 Å². The highest BCUT2D eigenvalue weighted by atomic mass is 19.1. The van der Waals surface area contributed by atoms with E-state index in [4.69, 9.17) is 4.98 Å². The second-order valence-corrected chi connectivity index (χ2v) is 8.33. The lowest BCUT2D eigenvalue weighted by Crippen LogP contribution is -2.48. The zero-order valence-electron chi connectivity index (χ0n) is 15.5. The van der Waals surface area contributed by atoms with Crippen LogP contribution in [0, 0.1) is 5.82 Å². The van der Waals surface area contributed by atoms with Crippen LogP contribution in [0.1, 0.15) is 65.5 Å². The summed E-state index contributed by atoms with van der Waals surface area (Å²) in [6.07, 6.45) is 5.18. The number of amides is 1. The highest BCUT2D eigenvalue weighted by molar-refractivity contribution is 5.95. The van der Waals surface area contributed by atoms with Crippen molar-refractivity contribution in [3.05, 3.63) is 57.0 Å². The largest absolute Gasteiger partial charge is 0.508 e. The van der Waals surface area contributed by atoms with E-state index in [1.165, 1.54) is 12.1 Å². The molecule has 1 aromatic heterocycles. The van der Waals surface area contributed by atoms with Gasteiger partial charge in [0.1, 0.15) is 17.4 Å². The Kier molecular flexibility index (Phi) is 3.82. The predicted octanol–water partition coefficient (Wildman–Crippen LogP) is 2.61. The molecule has 2 aliphatic carbocycles. The third kappa shape index (κ3) is 2.72. The maximum Gasteiger partial charge on any atom is 0.256 e. The fourth-order valence-electron chi connectivity index (χ4n) is 4.77. The Balaban J connectivity index is 1.49. The molecule has 2 fully saturated rings. The SMILES string of the molecule is O=C(c1cc(O)ccc1F)N1CCCC2(CCc3c2nc(C2CC2)[nH]c3=O)C1. The number of nitrogens with one attached hydrogen (secondary N) is 1. The number of likely N-dealkylation sites (tertiary alicyclic amines) is 1. The van der Waals surface area contributed by atoms with Crippen LogP contribution in [0.3, 0.4) is 0 Å². The fraction of sp³-hybridized carbons (Fsp3) is 0.476. The number of aromatic amines is 1. The molecule has 2 aromatic rings. The first-order valence-corrected chi connectivity index (χ1v) is 9.88. The second-order valence-electron chi connectivity index (χ2n) is 8.33. The van der Waals surface area contributed by atoms with Gasteiger partial charge in [0.05, 0.1) is 11.3 Å². The monoisotopic (exact) mass is 383 g/mol. The molecule has 2 N–H and O–H groups in total. The lowest BCUT2D eigenvalue weighted by atomic mass is 9.77. The first kappa shape index (κ1) is 17.4. The Labute approximate surface area is 161 Å². The van der Waals surface area contributed by atoms with E-state index in [1.807, 2.05) is 0 Å². The minimum atomic E-state index is -0.639. The van der Waals surface area contributed by atoms with Crippen LogP contribution in [0.25, 0.3) is 0 Å². The van der Waals surface area contributed by atoms with Crippen molar-refractivity contribution in [3.63, 3.8) is 0 Å². The van der Waals surface area contributed by atoms with Crippen LogP contribution >= 0.6 is 0 Å². The topological polar surface area (TPSA) is 86.3 Å². The summed E-state index contributed by atoms with van der Waals surface area (Å²) in [6.45, 7) is 0.957. The first-order chi connectivity index (χ1) is 13.5. The van der Waals surface area contributed by atoms with Gasteiger partial charge < -0.3 is 15.0 Å². The van der Waals surface area contributed by atoms with Crippen molar-refractivity contribution >= 4 is 5.91 Å². The van der Waals surface area contributed by atoms with Crippen molar-refractivity contribution < 1.29 is 14.3 Å². The molecule has 7 heteroatoms. The molecule has 1 saturated heterocycles. The highest BCUT2D eigenvalue weighted by Gasteiger charge is 2.46. The standard InChI is InChI=1S/C21H22FN3O3/c22-16-5-4-13(26)10-15(16)20(28)25-9-1-7-21(11-25)8-6-14-17(21)23-18(12-2-3-12)24-19(14)27/h4-5,10,12,26H,1-3,6-9,11H2,(H,23,24,27). The summed E-state index contributed by atoms with van der Waals surface area (Å²) in [5.74, 6) is -0.0798. The molecule has 1 aromatic carbocycles. The molecule has 0 bridgehead atoms. The minimum Gasteiger partial charge on any atom is -0.508 e. The zero-order chi connectivity index (χ0) is 19.5. The lowest BCUT2D eigenvalue weighted by Gasteiger charge is -2.40. The number of phenolic OH excluding ortho intramolecular Hbond substituents is 1. The fourth-order valence-corrected chi connectivity index (χ4v) is 4.77. The number of carbonyl (C=O) groups is 1. The number of aromatic nitrogens is 2. The molecule has 1 atom stereocenters. The molecule has 1 spiro atoms. The summed E-state index contributed by atoms with van der Waals surface area (Å²) < 4.78 is 14.2. The number of hydrogen-bond acceptors (Lipinski definition) is 4. The molecule has 5 rings (SSSR count). The van der Waals surface area contributed by atoms with Gasteiger partial charge in [-0.1, -0.05) is 0 Å². The average Bonchev–Trinajstić information content (AvgIpc) is 3.48. The summed E-state index contributed by atoms with van der Waals surface area (Å²) in [4.78, 5) is 35.0. The van der Waals surface area contributed by atoms with Gasteiger partial charge in [0.25, 0.3) is 11.5 Å². The van der Waals surface area contributed by atoms with E-state index < -0.39 is 11.7 Å². The van der Waals surface area contributed by atoms with E-state index in [2.05, 4.69) is 4.98 Å². The molecule has 0 radical (unpaired) electrons. The summed E-state index contributed by atoms with van der Waals surface area (Å²) in [5, 5.41) is 9.65. The van der Waals surface area contributed by atoms with Gasteiger partial charge >= 0.3 is 0 Å². The number of aromatic hydroxyl groups is 1. The molecule has 1 aliphatic heterocycles. The number of fused-ring (bicyclic) bond motifs is 2. The van der Waals surface area contributed by atoms with Gasteiger partial charge in [-0.05, 0) is 56.7 Å². The van der Waals surface area contributed by atoms with Crippen LogP contribution in [0.2, 0.25) is 0 Å². The van der Waals surface area contributed by atoms with Crippen LogP contribution in [0.5, 0.6) is 5.75 Å². The van der Waals surface area contributed by atoms with Gasteiger partial charge in [0.15, 0.2) is 0 Å². The smallest absolute Gasteiger partial charge is 0.256 e. The number of phenols is 1. The van der Waals surface area contributed by atoms with Crippen molar-refractivity contribution in [2.75, 3.05) is 13.1 Å². The van der Waals surface area contributed by atoms with E-state index in [0.717, 1.165) is 55.3 Å². The van der Waals surface area contributed by atoms with E-state index in [9.17, 15) is 19.1 Å². The highest BCUT2D eigenvalue weighted by Crippen LogP contribution is 2.45. The Morgan fingerprint density at radius 3 is 2.93 bits per heavy atom. The summed E-state index contributed by atoms with van der Waals surface area (Å²) >= 11 is 0. The third-order valence-electron chi connectivity index (χ3n) is 6.40. The van der Waals surface area contributed by atoms with Gasteiger partial charge in [0.2, 0.25) is 0 Å². The Morgan fingerprint density at radius 2 is 2.14 bits per heavy atom. The van der Waals surface area contributed by atoms with Crippen LogP contribution in [0.4, 0.5) is 4.39 Å². The number of piperidine rings is 1. The molecule has 2 heterocycles. The maximum atomic E-state index is 14.2. The molecular formula is C21H22FN3O3. The predicted molar refractivity (Wildman–Crippen MR) is 100 cm³/mol. The van der Waals surface area contributed by atoms with E-state index in [0.29, 0.717) is 25.4 Å². The van der Waals surface area contributed by atoms with Gasteiger partial charge in [0, 0.05) is 30.0 Å². The molecule has 6 nitrogen and oxygen atoms in total. The van der Waals surface area contributed by atoms with E-state index in [-0.39, 0.29) is 22.3 Å². The second kappa shape index (κ2) is 6.15. The number of carbonyl (C=O) groups excluding carboxylic acids is 1. The third-order valence-corrected chi connectivity index (χ3v) is 6.40. The van der Waals surface area contributed by atoms with Crippen LogP contribution in [-0.4, -0.2) is 39.0 Å². The van der Waals surface area contributed by atoms with Gasteiger partial charge in [-0.25, -0.2) is 9.37 Å². The van der Waals surface area contributed by atoms with Gasteiger partial charge in [-0.15, -0.1) is 0 Å². The van der Waals surface area contributed by atoms with E-state index >= 15 is 0 Å². The van der Waals surface area contributed by atoms with Crippen molar-refractivity contribution in [3.8, 4) is 5.75 Å². The van der Waals surface area contributed by atoms with Crippen LogP contribution in [-0.2, 0) is 11.8 Å². The average molecular weight is 383 g/mol. The van der Waals surface area contributed by atoms with E-state index in [1.54, 1.807) is 4.90 Å². The molecule has 28 heavy (non-hydrogen) atoms. The summed E-state index contributed by atoms with van der Waals surface area (Å²) in [7, 11) is 0. The number of benzene rings is 1. The Morgan fingerprint density at radius 1 is 1.32 bits per heavy atom. The molecule has 3 aliphatic rings. The van der Waals surface area contributed by atoms with Crippen molar-refractivity contribution in [1.82, 2.24) is 14.9 Å². The number of halogens is 1. The lowest BCUT2D eigenvalue weighted by molar-refractivity contribution is 0.0628. The number of H-pyrrole nitrogens is 1. The van der Waals surface area contributed by atoms with Crippen LogP contribution < -0.4 is 5.56 Å². The minimum absolute atomic E-state index is 0.0498. The maximum absolute atomic E-state index is 14.2. The zero-order valence-corrected chi connectivity index (χ0v) is 15.5. The Hall–Kier alpha value is -2.70. The Bertz CT molecular complexity index is 1030. The number of rotatable bonds is 2. The first-order valence-electron chi connectivity index (χ1n) is 9.88. The molecule has 146 valence electrons. The molecule has 1 unspecified atom stereocenters. The van der Waals surface area contributed by atoms with Gasteiger partial charge in [-0.3, -0.25) is 9.59 Å². The number of nitrogens with zero attached hydrogens (tertiary/aromatic N) is 2. The molecule has 1 saturated carbocycles. The van der Waals surface area contributed by atoms with Crippen molar-refractivity contribution in [2.24, 2.45) is 0 Å². The van der Waals surface area contributed by atoms with Crippen LogP contribution in [0.15, 0.2) is 23.0 Å². The normalized spacial score (nSPS) is 23.8. The molecule has 1 amide bonds. The van der Waals surface area contributed by atoms with Gasteiger partial charge in [-0.2, -0.15) is 0 Å². The number of hydrogen-bond donors (Lipinski definition) is 2. The van der Waals surface area contributed by atoms with Crippen molar-refractivity contribution in [2.45, 2.75) is 49.9 Å². The molecular weight excluding hydrogens is 361 g/mol.